The van der Waals surface area contributed by atoms with E-state index in [1.54, 1.807) is 18.7 Å². The Kier molecular flexibility index (Phi) is 5.01. The highest BCUT2D eigenvalue weighted by atomic mass is 79.9. The van der Waals surface area contributed by atoms with Crippen LogP contribution in [0.4, 0.5) is 5.82 Å². The Bertz CT molecular complexity index is 922. The molecule has 27 heavy (non-hydrogen) atoms. The van der Waals surface area contributed by atoms with Crippen molar-refractivity contribution < 1.29 is 15.0 Å². The van der Waals surface area contributed by atoms with Crippen molar-refractivity contribution >= 4 is 34.1 Å². The van der Waals surface area contributed by atoms with Gasteiger partial charge in [-0.2, -0.15) is 0 Å². The number of nitrogens with one attached hydrogen (secondary N) is 1. The summed E-state index contributed by atoms with van der Waals surface area (Å²) in [5, 5.41) is 22.8. The van der Waals surface area contributed by atoms with E-state index in [0.29, 0.717) is 30.8 Å². The van der Waals surface area contributed by atoms with Crippen LogP contribution in [0.1, 0.15) is 51.7 Å². The largest absolute Gasteiger partial charge is 0.478 e. The molecule has 2 heterocycles. The molecule has 4 rings (SSSR count). The van der Waals surface area contributed by atoms with Gasteiger partial charge in [-0.05, 0) is 70.8 Å². The van der Waals surface area contributed by atoms with Gasteiger partial charge in [-0.25, -0.2) is 9.78 Å². The van der Waals surface area contributed by atoms with E-state index >= 15 is 0 Å². The smallest absolute Gasteiger partial charge is 0.336 e. The molecule has 3 N–H and O–H groups in total. The first-order valence-corrected chi connectivity index (χ1v) is 9.90. The van der Waals surface area contributed by atoms with E-state index in [4.69, 9.17) is 0 Å². The number of carbonyl (C=O) groups is 1. The van der Waals surface area contributed by atoms with Gasteiger partial charge in [0, 0.05) is 11.0 Å². The van der Waals surface area contributed by atoms with Gasteiger partial charge >= 0.3 is 5.97 Å². The number of aromatic nitrogens is 2. The second-order valence-corrected chi connectivity index (χ2v) is 7.74. The maximum absolute atomic E-state index is 11.7. The number of fused-ring (bicyclic) bond motifs is 2. The first-order valence-electron chi connectivity index (χ1n) is 9.10. The lowest BCUT2D eigenvalue weighted by molar-refractivity contribution is 0.0695. The van der Waals surface area contributed by atoms with Crippen molar-refractivity contribution in [2.24, 2.45) is 4.99 Å². The topological polar surface area (TPSA) is 99.7 Å². The molecule has 2 aliphatic rings. The number of hydrogen-bond donors (Lipinski definition) is 3. The average molecular weight is 433 g/mol. The first kappa shape index (κ1) is 18.2. The minimum Gasteiger partial charge on any atom is -0.478 e. The molecule has 142 valence electrons. The molecule has 0 spiro atoms. The zero-order chi connectivity index (χ0) is 19.0. The normalized spacial score (nSPS) is 18.4. The van der Waals surface area contributed by atoms with Crippen molar-refractivity contribution in [3.8, 4) is 0 Å². The lowest BCUT2D eigenvalue weighted by Crippen LogP contribution is -2.14. The van der Waals surface area contributed by atoms with Crippen LogP contribution in [0.25, 0.3) is 0 Å². The van der Waals surface area contributed by atoms with Gasteiger partial charge in [-0.3, -0.25) is 4.99 Å². The van der Waals surface area contributed by atoms with Crippen molar-refractivity contribution in [3.05, 3.63) is 44.8 Å². The molecule has 0 fully saturated rings. The minimum absolute atomic E-state index is 0.291. The van der Waals surface area contributed by atoms with Crippen molar-refractivity contribution in [3.63, 3.8) is 0 Å². The Labute approximate surface area is 165 Å². The van der Waals surface area contributed by atoms with Crippen LogP contribution in [0.15, 0.2) is 21.9 Å². The van der Waals surface area contributed by atoms with Gasteiger partial charge in [0.25, 0.3) is 0 Å². The van der Waals surface area contributed by atoms with Gasteiger partial charge in [-0.1, -0.05) is 0 Å². The number of aliphatic hydroxyl groups excluding tert-OH is 1. The molecule has 0 saturated heterocycles. The Morgan fingerprint density at radius 3 is 2.89 bits per heavy atom. The van der Waals surface area contributed by atoms with Crippen molar-refractivity contribution in [1.29, 1.82) is 0 Å². The quantitative estimate of drug-likeness (QED) is 0.689. The van der Waals surface area contributed by atoms with Crippen LogP contribution in [0.2, 0.25) is 0 Å². The summed E-state index contributed by atoms with van der Waals surface area (Å²) < 4.78 is 2.68. The Morgan fingerprint density at radius 1 is 1.33 bits per heavy atom. The maximum atomic E-state index is 11.7. The molecule has 0 saturated carbocycles. The second kappa shape index (κ2) is 7.44. The summed E-state index contributed by atoms with van der Waals surface area (Å²) in [5.74, 6) is -0.165. The summed E-state index contributed by atoms with van der Waals surface area (Å²) in [7, 11) is 0. The number of aromatic carboxylic acids is 1. The fraction of sp³-hybridized carbons (Fsp3) is 0.421. The van der Waals surface area contributed by atoms with Gasteiger partial charge < -0.3 is 20.1 Å². The standard InChI is InChI=1S/C19H21BrN4O3/c20-16-13-4-2-1-3-12(13)11(7-14(16)19(26)27)5-6-24-10-23-17-15(25)8-21-9-22-18(17)24/h7,9-10,15,25H,1-6,8H2,(H,21,22)(H,26,27)/t15-/m1/s1. The lowest BCUT2D eigenvalue weighted by atomic mass is 9.85. The number of halogens is 1. The highest BCUT2D eigenvalue weighted by molar-refractivity contribution is 9.10. The van der Waals surface area contributed by atoms with Crippen LogP contribution in [-0.4, -0.2) is 38.6 Å². The summed E-state index contributed by atoms with van der Waals surface area (Å²) in [6, 6.07) is 1.80. The van der Waals surface area contributed by atoms with Crippen LogP contribution < -0.4 is 5.32 Å². The number of aliphatic imine (C=N–C) groups is 1. The summed E-state index contributed by atoms with van der Waals surface area (Å²) >= 11 is 3.51. The molecule has 0 unspecified atom stereocenters. The number of hydrogen-bond acceptors (Lipinski definition) is 5. The number of nitrogens with zero attached hydrogens (tertiary/aromatic N) is 3. The van der Waals surface area contributed by atoms with E-state index in [9.17, 15) is 15.0 Å². The van der Waals surface area contributed by atoms with E-state index in [0.717, 1.165) is 47.1 Å². The second-order valence-electron chi connectivity index (χ2n) is 6.94. The Morgan fingerprint density at radius 2 is 2.11 bits per heavy atom. The molecule has 2 aromatic rings. The lowest BCUT2D eigenvalue weighted by Gasteiger charge is -2.23. The average Bonchev–Trinajstić information content (AvgIpc) is 2.98. The van der Waals surface area contributed by atoms with E-state index in [2.05, 4.69) is 31.2 Å². The molecule has 0 bridgehead atoms. The summed E-state index contributed by atoms with van der Waals surface area (Å²) in [5.41, 5.74) is 4.42. The van der Waals surface area contributed by atoms with E-state index < -0.39 is 12.1 Å². The summed E-state index contributed by atoms with van der Waals surface area (Å²) in [4.78, 5) is 20.1. The molecule has 0 radical (unpaired) electrons. The summed E-state index contributed by atoms with van der Waals surface area (Å²) in [6.07, 6.45) is 7.39. The zero-order valence-corrected chi connectivity index (χ0v) is 16.4. The third-order valence-corrected chi connectivity index (χ3v) is 6.19. The van der Waals surface area contributed by atoms with Crippen LogP contribution in [0, 0.1) is 0 Å². The van der Waals surface area contributed by atoms with E-state index in [1.165, 1.54) is 5.56 Å². The van der Waals surface area contributed by atoms with E-state index in [1.807, 2.05) is 4.57 Å². The van der Waals surface area contributed by atoms with E-state index in [-0.39, 0.29) is 0 Å². The fourth-order valence-corrected chi connectivity index (χ4v) is 4.64. The number of anilines is 1. The molecule has 1 aliphatic heterocycles. The zero-order valence-electron chi connectivity index (χ0n) is 14.8. The number of carboxylic acids is 1. The van der Waals surface area contributed by atoms with Gasteiger partial charge in [0.05, 0.1) is 24.8 Å². The van der Waals surface area contributed by atoms with Crippen molar-refractivity contribution in [2.75, 3.05) is 11.9 Å². The molecule has 1 aliphatic carbocycles. The van der Waals surface area contributed by atoms with Gasteiger partial charge in [0.1, 0.15) is 17.6 Å². The number of aryl methyl sites for hydroxylation is 2. The van der Waals surface area contributed by atoms with Crippen LogP contribution in [-0.2, 0) is 25.8 Å². The third kappa shape index (κ3) is 3.39. The highest BCUT2D eigenvalue weighted by Gasteiger charge is 2.23. The van der Waals surface area contributed by atoms with Gasteiger partial charge in [-0.15, -0.1) is 0 Å². The molecule has 1 aromatic carbocycles. The maximum Gasteiger partial charge on any atom is 0.336 e. The van der Waals surface area contributed by atoms with Crippen LogP contribution in [0.5, 0.6) is 0 Å². The molecule has 1 aromatic heterocycles. The molecule has 8 heteroatoms. The summed E-state index contributed by atoms with van der Waals surface area (Å²) in [6.45, 7) is 0.933. The number of aliphatic hydroxyl groups is 1. The molecular weight excluding hydrogens is 412 g/mol. The predicted molar refractivity (Wildman–Crippen MR) is 106 cm³/mol. The number of imidazole rings is 1. The molecular formula is C19H21BrN4O3. The van der Waals surface area contributed by atoms with Crippen LogP contribution in [0.3, 0.4) is 0 Å². The van der Waals surface area contributed by atoms with Crippen LogP contribution >= 0.6 is 15.9 Å². The minimum atomic E-state index is -0.908. The highest BCUT2D eigenvalue weighted by Crippen LogP contribution is 2.34. The number of benzene rings is 1. The Hall–Kier alpha value is -2.19. The monoisotopic (exact) mass is 432 g/mol. The Balaban J connectivity index is 1.65. The predicted octanol–water partition coefficient (Wildman–Crippen LogP) is 2.95. The first-order chi connectivity index (χ1) is 13.1. The molecule has 7 nitrogen and oxygen atoms in total. The number of carboxylic acid groups (broad SMARTS) is 1. The molecule has 1 atom stereocenters. The fourth-order valence-electron chi connectivity index (χ4n) is 3.92. The van der Waals surface area contributed by atoms with Crippen molar-refractivity contribution in [2.45, 2.75) is 44.8 Å². The SMILES string of the molecule is O=C(O)c1cc(CCn2cnc3c2NC=NC[C@H]3O)c2c(c1Br)CCCC2. The van der Waals surface area contributed by atoms with Gasteiger partial charge in [0.2, 0.25) is 0 Å². The molecule has 0 amide bonds. The number of rotatable bonds is 4. The van der Waals surface area contributed by atoms with Gasteiger partial charge in [0.15, 0.2) is 0 Å². The third-order valence-electron chi connectivity index (χ3n) is 5.28. The van der Waals surface area contributed by atoms with Crippen molar-refractivity contribution in [1.82, 2.24) is 9.55 Å².